The summed E-state index contributed by atoms with van der Waals surface area (Å²) in [7, 11) is 0. The van der Waals surface area contributed by atoms with Crippen LogP contribution in [0.15, 0.2) is 36.5 Å². The molecule has 0 radical (unpaired) electrons. The molecule has 27 heavy (non-hydrogen) atoms. The van der Waals surface area contributed by atoms with Gasteiger partial charge in [0.05, 0.1) is 5.56 Å². The Kier molecular flexibility index (Phi) is 6.05. The molecule has 6 heteroatoms. The fraction of sp³-hybridized carbons (Fsp3) is 0.381. The van der Waals surface area contributed by atoms with Crippen LogP contribution in [0.1, 0.15) is 23.1 Å². The summed E-state index contributed by atoms with van der Waals surface area (Å²) in [4.78, 5) is 21.0. The Bertz CT molecular complexity index is 830. The van der Waals surface area contributed by atoms with Crippen molar-refractivity contribution in [2.24, 2.45) is 0 Å². The molecule has 140 valence electrons. The summed E-state index contributed by atoms with van der Waals surface area (Å²) in [5, 5.41) is 12.2. The third-order valence-corrected chi connectivity index (χ3v) is 4.74. The lowest BCUT2D eigenvalue weighted by Crippen LogP contribution is -2.47. The van der Waals surface area contributed by atoms with Gasteiger partial charge in [0.15, 0.2) is 0 Å². The van der Waals surface area contributed by atoms with Crippen molar-refractivity contribution in [1.82, 2.24) is 9.88 Å². The third-order valence-electron chi connectivity index (χ3n) is 4.74. The minimum atomic E-state index is 0.0407. The number of benzene rings is 1. The molecule has 0 atom stereocenters. The average Bonchev–Trinajstić information content (AvgIpc) is 2.66. The quantitative estimate of drug-likeness (QED) is 0.884. The zero-order chi connectivity index (χ0) is 19.2. The van der Waals surface area contributed by atoms with Crippen molar-refractivity contribution in [2.75, 3.05) is 42.9 Å². The molecule has 1 aromatic heterocycles. The summed E-state index contributed by atoms with van der Waals surface area (Å²) in [5.41, 5.74) is 3.76. The van der Waals surface area contributed by atoms with Crippen LogP contribution >= 0.6 is 0 Å². The number of aryl methyl sites for hydroxylation is 2. The smallest absolute Gasteiger partial charge is 0.225 e. The summed E-state index contributed by atoms with van der Waals surface area (Å²) < 4.78 is 0. The normalized spacial score (nSPS) is 14.6. The Morgan fingerprint density at radius 1 is 1.19 bits per heavy atom. The molecule has 0 bridgehead atoms. The van der Waals surface area contributed by atoms with Crippen molar-refractivity contribution < 1.29 is 4.79 Å². The first kappa shape index (κ1) is 18.9. The number of rotatable bonds is 5. The molecule has 1 aromatic carbocycles. The molecule has 1 fully saturated rings. The number of nitriles is 1. The molecule has 1 aliphatic heterocycles. The van der Waals surface area contributed by atoms with E-state index < -0.39 is 0 Å². The van der Waals surface area contributed by atoms with Crippen molar-refractivity contribution in [3.8, 4) is 6.07 Å². The highest BCUT2D eigenvalue weighted by atomic mass is 16.1. The predicted octanol–water partition coefficient (Wildman–Crippen LogP) is 2.72. The van der Waals surface area contributed by atoms with Crippen LogP contribution in [0.25, 0.3) is 0 Å². The largest absolute Gasteiger partial charge is 0.353 e. The van der Waals surface area contributed by atoms with Gasteiger partial charge in [-0.25, -0.2) is 4.98 Å². The Hall–Kier alpha value is -2.91. The van der Waals surface area contributed by atoms with E-state index in [1.165, 1.54) is 0 Å². The van der Waals surface area contributed by atoms with Gasteiger partial charge in [-0.2, -0.15) is 5.26 Å². The van der Waals surface area contributed by atoms with Crippen LogP contribution < -0.4 is 10.2 Å². The molecule has 3 rings (SSSR count). The minimum absolute atomic E-state index is 0.0407. The summed E-state index contributed by atoms with van der Waals surface area (Å²) >= 11 is 0. The zero-order valence-corrected chi connectivity index (χ0v) is 15.9. The van der Waals surface area contributed by atoms with Crippen LogP contribution in [-0.4, -0.2) is 48.5 Å². The second kappa shape index (κ2) is 8.65. The number of carbonyl (C=O) groups is 1. The summed E-state index contributed by atoms with van der Waals surface area (Å²) in [6, 6.07) is 11.9. The Morgan fingerprint density at radius 2 is 1.89 bits per heavy atom. The molecule has 0 aliphatic carbocycles. The molecule has 2 aromatic rings. The van der Waals surface area contributed by atoms with Gasteiger partial charge < -0.3 is 10.2 Å². The summed E-state index contributed by atoms with van der Waals surface area (Å²) in [5.74, 6) is 0.797. The van der Waals surface area contributed by atoms with E-state index in [1.54, 1.807) is 18.3 Å². The Labute approximate surface area is 160 Å². The molecule has 1 saturated heterocycles. The van der Waals surface area contributed by atoms with E-state index in [9.17, 15) is 10.1 Å². The van der Waals surface area contributed by atoms with Crippen molar-refractivity contribution in [3.63, 3.8) is 0 Å². The number of pyridine rings is 1. The molecular formula is C21H25N5O. The number of piperazine rings is 1. The van der Waals surface area contributed by atoms with Crippen molar-refractivity contribution in [3.05, 3.63) is 53.2 Å². The van der Waals surface area contributed by atoms with Crippen LogP contribution in [0.2, 0.25) is 0 Å². The predicted molar refractivity (Wildman–Crippen MR) is 107 cm³/mol. The first-order valence-corrected chi connectivity index (χ1v) is 9.26. The lowest BCUT2D eigenvalue weighted by Gasteiger charge is -2.35. The number of hydrogen-bond donors (Lipinski definition) is 1. The first-order chi connectivity index (χ1) is 13.0. The van der Waals surface area contributed by atoms with Crippen LogP contribution in [0, 0.1) is 25.2 Å². The lowest BCUT2D eigenvalue weighted by molar-refractivity contribution is -0.116. The molecule has 1 N–H and O–H groups in total. The SMILES string of the molecule is Cc1cc(C)cc(NC(=O)CCN2CCN(c3ncccc3C#N)CC2)c1. The Morgan fingerprint density at radius 3 is 2.56 bits per heavy atom. The maximum Gasteiger partial charge on any atom is 0.225 e. The summed E-state index contributed by atoms with van der Waals surface area (Å²) in [6.45, 7) is 8.13. The van der Waals surface area contributed by atoms with Crippen LogP contribution in [0.3, 0.4) is 0 Å². The van der Waals surface area contributed by atoms with Gasteiger partial charge in [0.25, 0.3) is 0 Å². The molecule has 0 unspecified atom stereocenters. The number of nitrogens with one attached hydrogen (secondary N) is 1. The third kappa shape index (κ3) is 5.05. The molecule has 1 amide bonds. The van der Waals surface area contributed by atoms with E-state index in [0.717, 1.165) is 55.4 Å². The van der Waals surface area contributed by atoms with E-state index in [0.29, 0.717) is 12.0 Å². The number of aromatic nitrogens is 1. The highest BCUT2D eigenvalue weighted by molar-refractivity contribution is 5.91. The monoisotopic (exact) mass is 363 g/mol. The highest BCUT2D eigenvalue weighted by Crippen LogP contribution is 2.18. The van der Waals surface area contributed by atoms with Crippen molar-refractivity contribution in [1.29, 1.82) is 5.26 Å². The molecule has 0 spiro atoms. The van der Waals surface area contributed by atoms with E-state index in [1.807, 2.05) is 26.0 Å². The fourth-order valence-electron chi connectivity index (χ4n) is 3.45. The summed E-state index contributed by atoms with van der Waals surface area (Å²) in [6.07, 6.45) is 2.19. The first-order valence-electron chi connectivity index (χ1n) is 9.26. The van der Waals surface area contributed by atoms with Gasteiger partial charge in [-0.3, -0.25) is 9.69 Å². The number of nitrogens with zero attached hydrogens (tertiary/aromatic N) is 4. The standard InChI is InChI=1S/C21H25N5O/c1-16-12-17(2)14-19(13-16)24-20(27)5-7-25-8-10-26(11-9-25)21-18(15-22)4-3-6-23-21/h3-4,6,12-14H,5,7-11H2,1-2H3,(H,24,27). The van der Waals surface area contributed by atoms with Crippen molar-refractivity contribution in [2.45, 2.75) is 20.3 Å². The van der Waals surface area contributed by atoms with E-state index >= 15 is 0 Å². The van der Waals surface area contributed by atoms with Gasteiger partial charge in [0.2, 0.25) is 5.91 Å². The number of amides is 1. The molecule has 1 aliphatic rings. The minimum Gasteiger partial charge on any atom is -0.353 e. The van der Waals surface area contributed by atoms with Crippen LogP contribution in [0.5, 0.6) is 0 Å². The van der Waals surface area contributed by atoms with Gasteiger partial charge >= 0.3 is 0 Å². The van der Waals surface area contributed by atoms with E-state index in [2.05, 4.69) is 32.2 Å². The van der Waals surface area contributed by atoms with Gasteiger partial charge in [-0.1, -0.05) is 6.07 Å². The number of anilines is 2. The van der Waals surface area contributed by atoms with E-state index in [4.69, 9.17) is 0 Å². The van der Waals surface area contributed by atoms with Crippen LogP contribution in [-0.2, 0) is 4.79 Å². The topological polar surface area (TPSA) is 72.3 Å². The highest BCUT2D eigenvalue weighted by Gasteiger charge is 2.20. The molecule has 6 nitrogen and oxygen atoms in total. The molecular weight excluding hydrogens is 338 g/mol. The van der Waals surface area contributed by atoms with E-state index in [-0.39, 0.29) is 5.91 Å². The zero-order valence-electron chi connectivity index (χ0n) is 15.9. The van der Waals surface area contributed by atoms with Crippen LogP contribution in [0.4, 0.5) is 11.5 Å². The maximum atomic E-state index is 12.3. The fourth-order valence-corrected chi connectivity index (χ4v) is 3.45. The number of carbonyl (C=O) groups excluding carboxylic acids is 1. The molecule has 2 heterocycles. The van der Waals surface area contributed by atoms with Gasteiger partial charge in [0, 0.05) is 51.0 Å². The second-order valence-electron chi connectivity index (χ2n) is 6.99. The number of hydrogen-bond acceptors (Lipinski definition) is 5. The Balaban J connectivity index is 1.47. The maximum absolute atomic E-state index is 12.3. The van der Waals surface area contributed by atoms with Gasteiger partial charge in [-0.15, -0.1) is 0 Å². The lowest BCUT2D eigenvalue weighted by atomic mass is 10.1. The molecule has 0 saturated carbocycles. The van der Waals surface area contributed by atoms with Gasteiger partial charge in [-0.05, 0) is 49.2 Å². The second-order valence-corrected chi connectivity index (χ2v) is 6.99. The average molecular weight is 363 g/mol. The van der Waals surface area contributed by atoms with Crippen molar-refractivity contribution >= 4 is 17.4 Å². The van der Waals surface area contributed by atoms with Gasteiger partial charge in [0.1, 0.15) is 11.9 Å².